The molecule has 0 fully saturated rings. The predicted molar refractivity (Wildman–Crippen MR) is 110 cm³/mol. The normalized spacial score (nSPS) is 11.8. The molecular formula is C22H22N6O. The second kappa shape index (κ2) is 7.16. The van der Waals surface area contributed by atoms with Crippen molar-refractivity contribution in [3.8, 4) is 11.6 Å². The second-order valence-corrected chi connectivity index (χ2v) is 7.72. The third kappa shape index (κ3) is 3.51. The van der Waals surface area contributed by atoms with E-state index in [-0.39, 0.29) is 0 Å². The number of nitrogens with zero attached hydrogens (tertiary/aromatic N) is 6. The summed E-state index contributed by atoms with van der Waals surface area (Å²) in [5.41, 5.74) is 4.09. The van der Waals surface area contributed by atoms with E-state index in [1.807, 2.05) is 23.0 Å². The first-order valence-corrected chi connectivity index (χ1v) is 9.86. The zero-order valence-electron chi connectivity index (χ0n) is 16.5. The van der Waals surface area contributed by atoms with Crippen LogP contribution in [0.1, 0.15) is 25.0 Å². The van der Waals surface area contributed by atoms with Crippen LogP contribution in [0.5, 0.6) is 0 Å². The highest BCUT2D eigenvalue weighted by Gasteiger charge is 2.14. The van der Waals surface area contributed by atoms with Crippen LogP contribution in [-0.2, 0) is 19.4 Å². The molecule has 29 heavy (non-hydrogen) atoms. The Morgan fingerprint density at radius 3 is 2.62 bits per heavy atom. The Hall–Kier alpha value is -3.48. The van der Waals surface area contributed by atoms with Crippen molar-refractivity contribution in [2.75, 3.05) is 0 Å². The summed E-state index contributed by atoms with van der Waals surface area (Å²) in [5.74, 6) is 1.85. The number of aryl methyl sites for hydroxylation is 2. The first-order chi connectivity index (χ1) is 14.2. The molecule has 0 unspecified atom stereocenters. The fraction of sp³-hybridized carbons (Fsp3) is 0.273. The van der Waals surface area contributed by atoms with Gasteiger partial charge >= 0.3 is 0 Å². The molecule has 0 saturated heterocycles. The molecule has 0 spiro atoms. The molecule has 0 amide bonds. The number of rotatable bonds is 6. The van der Waals surface area contributed by atoms with Crippen molar-refractivity contribution >= 4 is 16.7 Å². The molecule has 0 bridgehead atoms. The van der Waals surface area contributed by atoms with E-state index in [4.69, 9.17) is 4.42 Å². The van der Waals surface area contributed by atoms with E-state index in [1.54, 1.807) is 17.1 Å². The van der Waals surface area contributed by atoms with Crippen molar-refractivity contribution in [1.82, 2.24) is 29.4 Å². The van der Waals surface area contributed by atoms with Crippen molar-refractivity contribution in [3.05, 3.63) is 66.3 Å². The van der Waals surface area contributed by atoms with Gasteiger partial charge in [-0.25, -0.2) is 14.5 Å². The van der Waals surface area contributed by atoms with Crippen molar-refractivity contribution in [2.24, 2.45) is 5.92 Å². The van der Waals surface area contributed by atoms with Crippen molar-refractivity contribution in [1.29, 1.82) is 0 Å². The summed E-state index contributed by atoms with van der Waals surface area (Å²) >= 11 is 0. The molecule has 0 aliphatic carbocycles. The Bertz CT molecular complexity index is 1250. The number of furan rings is 1. The van der Waals surface area contributed by atoms with Crippen LogP contribution in [0.3, 0.4) is 0 Å². The van der Waals surface area contributed by atoms with Crippen molar-refractivity contribution in [2.45, 2.75) is 33.2 Å². The van der Waals surface area contributed by atoms with Gasteiger partial charge in [-0.1, -0.05) is 38.1 Å². The summed E-state index contributed by atoms with van der Waals surface area (Å²) in [5, 5.41) is 9.94. The van der Waals surface area contributed by atoms with Crippen LogP contribution in [0, 0.1) is 5.92 Å². The topological polar surface area (TPSA) is 74.0 Å². The number of hydrogen-bond acceptors (Lipinski definition) is 5. The van der Waals surface area contributed by atoms with E-state index in [9.17, 15) is 0 Å². The second-order valence-electron chi connectivity index (χ2n) is 7.72. The third-order valence-electron chi connectivity index (χ3n) is 4.94. The summed E-state index contributed by atoms with van der Waals surface area (Å²) in [6, 6.07) is 12.5. The molecule has 0 aliphatic rings. The molecule has 1 aromatic carbocycles. The lowest BCUT2D eigenvalue weighted by Crippen LogP contribution is -2.02. The van der Waals surface area contributed by atoms with E-state index < -0.39 is 0 Å². The van der Waals surface area contributed by atoms with Crippen LogP contribution in [0.4, 0.5) is 0 Å². The maximum Gasteiger partial charge on any atom is 0.217 e. The lowest BCUT2D eigenvalue weighted by molar-refractivity contribution is 0.577. The van der Waals surface area contributed by atoms with Crippen LogP contribution in [-0.4, -0.2) is 29.4 Å². The SMILES string of the molecule is CC(C)Cc1ccc(CCn2cc3c(ncn4nc(-c5ccco5)nc34)n2)cc1. The lowest BCUT2D eigenvalue weighted by atomic mass is 10.0. The summed E-state index contributed by atoms with van der Waals surface area (Å²) in [7, 11) is 0. The molecule has 0 N–H and O–H groups in total. The predicted octanol–water partition coefficient (Wildman–Crippen LogP) is 4.18. The van der Waals surface area contributed by atoms with Gasteiger partial charge in [0.05, 0.1) is 11.6 Å². The summed E-state index contributed by atoms with van der Waals surface area (Å²) in [4.78, 5) is 9.03. The zero-order valence-corrected chi connectivity index (χ0v) is 16.5. The van der Waals surface area contributed by atoms with Crippen molar-refractivity contribution < 1.29 is 4.42 Å². The Kier molecular flexibility index (Phi) is 4.35. The summed E-state index contributed by atoms with van der Waals surface area (Å²) in [6.45, 7) is 5.27. The molecule has 0 aliphatic heterocycles. The lowest BCUT2D eigenvalue weighted by Gasteiger charge is -2.06. The molecule has 0 saturated carbocycles. The van der Waals surface area contributed by atoms with Gasteiger partial charge in [-0.05, 0) is 42.0 Å². The Balaban J connectivity index is 1.37. The molecule has 5 rings (SSSR count). The van der Waals surface area contributed by atoms with Gasteiger partial charge in [0, 0.05) is 12.7 Å². The first-order valence-electron chi connectivity index (χ1n) is 9.86. The molecular weight excluding hydrogens is 364 g/mol. The van der Waals surface area contributed by atoms with E-state index in [2.05, 4.69) is 58.3 Å². The van der Waals surface area contributed by atoms with Crippen LogP contribution >= 0.6 is 0 Å². The summed E-state index contributed by atoms with van der Waals surface area (Å²) in [6.07, 6.45) is 7.27. The highest BCUT2D eigenvalue weighted by atomic mass is 16.3. The molecule has 4 heterocycles. The van der Waals surface area contributed by atoms with E-state index in [1.165, 1.54) is 11.1 Å². The zero-order chi connectivity index (χ0) is 19.8. The Morgan fingerprint density at radius 2 is 1.86 bits per heavy atom. The molecule has 146 valence electrons. The smallest absolute Gasteiger partial charge is 0.217 e. The Labute approximate surface area is 168 Å². The quantitative estimate of drug-likeness (QED) is 0.438. The maximum atomic E-state index is 5.40. The van der Waals surface area contributed by atoms with Crippen LogP contribution in [0.15, 0.2) is 59.6 Å². The Morgan fingerprint density at radius 1 is 1.03 bits per heavy atom. The molecule has 5 aromatic rings. The van der Waals surface area contributed by atoms with Gasteiger partial charge in [0.15, 0.2) is 17.1 Å². The molecule has 0 radical (unpaired) electrons. The van der Waals surface area contributed by atoms with Gasteiger partial charge in [0.25, 0.3) is 0 Å². The number of fused-ring (bicyclic) bond motifs is 3. The standard InChI is InChI=1S/C22H22N6O/c1-15(2)12-17-7-5-16(6-8-17)9-10-27-13-18-20(25-27)23-14-28-22(18)24-21(26-28)19-4-3-11-29-19/h3-8,11,13-15H,9-10,12H2,1-2H3. The fourth-order valence-corrected chi connectivity index (χ4v) is 3.54. The largest absolute Gasteiger partial charge is 0.461 e. The van der Waals surface area contributed by atoms with E-state index >= 15 is 0 Å². The average Bonchev–Trinajstić information content (AvgIpc) is 3.44. The van der Waals surface area contributed by atoms with E-state index in [0.717, 1.165) is 30.4 Å². The minimum Gasteiger partial charge on any atom is -0.461 e. The van der Waals surface area contributed by atoms with Gasteiger partial charge in [0.1, 0.15) is 6.33 Å². The highest BCUT2D eigenvalue weighted by molar-refractivity contribution is 5.88. The highest BCUT2D eigenvalue weighted by Crippen LogP contribution is 2.21. The summed E-state index contributed by atoms with van der Waals surface area (Å²) < 4.78 is 9.00. The van der Waals surface area contributed by atoms with Gasteiger partial charge in [-0.15, -0.1) is 5.10 Å². The van der Waals surface area contributed by atoms with E-state index in [0.29, 0.717) is 23.1 Å². The molecule has 7 heteroatoms. The van der Waals surface area contributed by atoms with Crippen LogP contribution in [0.25, 0.3) is 28.3 Å². The van der Waals surface area contributed by atoms with Crippen LogP contribution in [0.2, 0.25) is 0 Å². The third-order valence-corrected chi connectivity index (χ3v) is 4.94. The number of benzene rings is 1. The van der Waals surface area contributed by atoms with Crippen molar-refractivity contribution in [3.63, 3.8) is 0 Å². The average molecular weight is 386 g/mol. The fourth-order valence-electron chi connectivity index (χ4n) is 3.54. The maximum absolute atomic E-state index is 5.40. The van der Waals surface area contributed by atoms with Gasteiger partial charge in [-0.2, -0.15) is 5.10 Å². The van der Waals surface area contributed by atoms with Crippen LogP contribution < -0.4 is 0 Å². The molecule has 4 aromatic heterocycles. The number of hydrogen-bond donors (Lipinski definition) is 0. The number of aromatic nitrogens is 6. The van der Waals surface area contributed by atoms with Gasteiger partial charge in [-0.3, -0.25) is 4.68 Å². The first kappa shape index (κ1) is 17.6. The molecule has 7 nitrogen and oxygen atoms in total. The van der Waals surface area contributed by atoms with Gasteiger partial charge in [0.2, 0.25) is 5.82 Å². The minimum atomic E-state index is 0.540. The molecule has 0 atom stereocenters. The van der Waals surface area contributed by atoms with Gasteiger partial charge < -0.3 is 4.42 Å². The monoisotopic (exact) mass is 386 g/mol. The minimum absolute atomic E-state index is 0.540.